The Morgan fingerprint density at radius 3 is 2.00 bits per heavy atom. The molecule has 0 atom stereocenters. The molecule has 142 valence electrons. The average molecular weight is 368 g/mol. The fraction of sp³-hybridized carbons (Fsp3) is 0.238. The summed E-state index contributed by atoms with van der Waals surface area (Å²) in [5.41, 5.74) is 10.5. The number of methoxy groups -OCH3 is 4. The normalized spacial score (nSPS) is 10.6. The lowest BCUT2D eigenvalue weighted by molar-refractivity contribution is 0.325. The van der Waals surface area contributed by atoms with E-state index in [9.17, 15) is 0 Å². The van der Waals surface area contributed by atoms with Gasteiger partial charge in [-0.15, -0.1) is 0 Å². The van der Waals surface area contributed by atoms with Gasteiger partial charge < -0.3 is 29.2 Å². The van der Waals surface area contributed by atoms with E-state index in [4.69, 9.17) is 24.7 Å². The maximum atomic E-state index is 6.12. The third kappa shape index (κ3) is 3.14. The van der Waals surface area contributed by atoms with Gasteiger partial charge in [0.2, 0.25) is 5.75 Å². The van der Waals surface area contributed by atoms with E-state index in [0.717, 1.165) is 22.6 Å². The molecule has 3 rings (SSSR count). The molecule has 1 heterocycles. The highest BCUT2D eigenvalue weighted by molar-refractivity contribution is 5.76. The van der Waals surface area contributed by atoms with Crippen LogP contribution in [0.25, 0.3) is 16.9 Å². The first-order chi connectivity index (χ1) is 13.0. The summed E-state index contributed by atoms with van der Waals surface area (Å²) in [7, 11) is 6.42. The quantitative estimate of drug-likeness (QED) is 0.664. The molecule has 0 saturated carbocycles. The van der Waals surface area contributed by atoms with Gasteiger partial charge in [0, 0.05) is 16.9 Å². The van der Waals surface area contributed by atoms with Gasteiger partial charge in [-0.3, -0.25) is 0 Å². The van der Waals surface area contributed by atoms with E-state index in [-0.39, 0.29) is 0 Å². The molecule has 6 nitrogen and oxygen atoms in total. The van der Waals surface area contributed by atoms with Gasteiger partial charge in [0.15, 0.2) is 11.5 Å². The Bertz CT molecular complexity index is 963. The Kier molecular flexibility index (Phi) is 5.16. The number of nitrogens with two attached hydrogens (primary N) is 1. The average Bonchev–Trinajstić information content (AvgIpc) is 3.07. The van der Waals surface area contributed by atoms with Crippen LogP contribution in [0, 0.1) is 6.92 Å². The van der Waals surface area contributed by atoms with Crippen molar-refractivity contribution in [2.45, 2.75) is 6.92 Å². The van der Waals surface area contributed by atoms with Crippen molar-refractivity contribution in [2.24, 2.45) is 0 Å². The van der Waals surface area contributed by atoms with Gasteiger partial charge in [-0.05, 0) is 49.4 Å². The van der Waals surface area contributed by atoms with Gasteiger partial charge in [0.1, 0.15) is 5.75 Å². The topological polar surface area (TPSA) is 67.9 Å². The van der Waals surface area contributed by atoms with E-state index < -0.39 is 0 Å². The highest BCUT2D eigenvalue weighted by Crippen LogP contribution is 2.45. The molecule has 1 aromatic heterocycles. The molecule has 0 spiro atoms. The van der Waals surface area contributed by atoms with Crippen LogP contribution in [0.1, 0.15) is 5.69 Å². The summed E-state index contributed by atoms with van der Waals surface area (Å²) in [5, 5.41) is 0. The lowest BCUT2D eigenvalue weighted by atomic mass is 10.1. The monoisotopic (exact) mass is 368 g/mol. The second-order valence-corrected chi connectivity index (χ2v) is 6.00. The van der Waals surface area contributed by atoms with Gasteiger partial charge in [-0.2, -0.15) is 0 Å². The first-order valence-electron chi connectivity index (χ1n) is 8.47. The van der Waals surface area contributed by atoms with Crippen LogP contribution in [0.15, 0.2) is 42.5 Å². The van der Waals surface area contributed by atoms with Gasteiger partial charge in [0.25, 0.3) is 0 Å². The molecule has 0 bridgehead atoms. The summed E-state index contributed by atoms with van der Waals surface area (Å²) in [6.45, 7) is 2.04. The number of rotatable bonds is 6. The van der Waals surface area contributed by atoms with Gasteiger partial charge in [-0.1, -0.05) is 0 Å². The molecule has 0 aliphatic carbocycles. The van der Waals surface area contributed by atoms with E-state index >= 15 is 0 Å². The summed E-state index contributed by atoms with van der Waals surface area (Å²) in [4.78, 5) is 0. The number of nitrogen functional groups attached to an aromatic ring is 1. The number of hydrogen-bond donors (Lipinski definition) is 1. The number of hydrogen-bond acceptors (Lipinski definition) is 5. The molecule has 2 aromatic carbocycles. The molecule has 0 aliphatic heterocycles. The first-order valence-corrected chi connectivity index (χ1v) is 8.47. The van der Waals surface area contributed by atoms with Crippen LogP contribution in [0.2, 0.25) is 0 Å². The lowest BCUT2D eigenvalue weighted by Gasteiger charge is -2.18. The van der Waals surface area contributed by atoms with Crippen molar-refractivity contribution in [2.75, 3.05) is 34.2 Å². The number of aryl methyl sites for hydroxylation is 1. The minimum Gasteiger partial charge on any atom is -0.495 e. The van der Waals surface area contributed by atoms with E-state index in [0.29, 0.717) is 28.7 Å². The van der Waals surface area contributed by atoms with Gasteiger partial charge in [-0.25, -0.2) is 0 Å². The zero-order valence-electron chi connectivity index (χ0n) is 16.2. The van der Waals surface area contributed by atoms with E-state index in [2.05, 4.69) is 4.57 Å². The zero-order chi connectivity index (χ0) is 19.6. The molecular weight excluding hydrogens is 344 g/mol. The molecule has 0 amide bonds. The number of nitrogens with zero attached hydrogens (tertiary/aromatic N) is 1. The van der Waals surface area contributed by atoms with Crippen LogP contribution < -0.4 is 24.7 Å². The van der Waals surface area contributed by atoms with Crippen molar-refractivity contribution in [3.05, 3.63) is 48.2 Å². The number of aromatic nitrogens is 1. The predicted molar refractivity (Wildman–Crippen MR) is 107 cm³/mol. The van der Waals surface area contributed by atoms with Crippen molar-refractivity contribution in [3.63, 3.8) is 0 Å². The second-order valence-electron chi connectivity index (χ2n) is 6.00. The van der Waals surface area contributed by atoms with Gasteiger partial charge in [0.05, 0.1) is 39.8 Å². The number of anilines is 1. The summed E-state index contributed by atoms with van der Waals surface area (Å²) in [5.74, 6) is 2.42. The Hall–Kier alpha value is -3.28. The Balaban J connectivity index is 2.22. The SMILES string of the molecule is COc1ccc(-n2c(C)ccc2-c2ccc(OC)c(OC)c2OC)cc1N. The van der Waals surface area contributed by atoms with Crippen molar-refractivity contribution in [3.8, 4) is 39.9 Å². The molecular formula is C21H24N2O4. The standard InChI is InChI=1S/C21H24N2O4/c1-13-6-9-17(23(13)14-7-10-18(24-2)16(22)12-14)15-8-11-19(25-3)21(27-5)20(15)26-4/h6-12H,22H2,1-5H3. The minimum atomic E-state index is 0.553. The Morgan fingerprint density at radius 1 is 0.741 bits per heavy atom. The van der Waals surface area contributed by atoms with E-state index in [1.807, 2.05) is 49.4 Å². The fourth-order valence-corrected chi connectivity index (χ4v) is 3.26. The highest BCUT2D eigenvalue weighted by atomic mass is 16.5. The molecule has 27 heavy (non-hydrogen) atoms. The van der Waals surface area contributed by atoms with Crippen molar-refractivity contribution >= 4 is 5.69 Å². The number of ether oxygens (including phenoxy) is 4. The lowest BCUT2D eigenvalue weighted by Crippen LogP contribution is -2.03. The number of benzene rings is 2. The highest BCUT2D eigenvalue weighted by Gasteiger charge is 2.20. The van der Waals surface area contributed by atoms with Crippen LogP contribution in [-0.4, -0.2) is 33.0 Å². The molecule has 3 aromatic rings. The summed E-state index contributed by atoms with van der Waals surface area (Å²) < 4.78 is 24.0. The first kappa shape index (κ1) is 18.5. The van der Waals surface area contributed by atoms with Crippen molar-refractivity contribution in [1.29, 1.82) is 0 Å². The van der Waals surface area contributed by atoms with Gasteiger partial charge >= 0.3 is 0 Å². The summed E-state index contributed by atoms with van der Waals surface area (Å²) >= 11 is 0. The van der Waals surface area contributed by atoms with Crippen LogP contribution in [0.5, 0.6) is 23.0 Å². The molecule has 0 unspecified atom stereocenters. The fourth-order valence-electron chi connectivity index (χ4n) is 3.26. The van der Waals surface area contributed by atoms with Crippen molar-refractivity contribution in [1.82, 2.24) is 4.57 Å². The largest absolute Gasteiger partial charge is 0.495 e. The maximum absolute atomic E-state index is 6.12. The molecule has 0 aliphatic rings. The third-order valence-corrected chi connectivity index (χ3v) is 4.53. The van der Waals surface area contributed by atoms with E-state index in [1.54, 1.807) is 28.4 Å². The molecule has 0 saturated heterocycles. The Morgan fingerprint density at radius 2 is 1.41 bits per heavy atom. The zero-order valence-corrected chi connectivity index (χ0v) is 16.2. The van der Waals surface area contributed by atoms with Crippen molar-refractivity contribution < 1.29 is 18.9 Å². The molecule has 0 radical (unpaired) electrons. The second kappa shape index (κ2) is 7.53. The minimum absolute atomic E-state index is 0.553. The van der Waals surface area contributed by atoms with Crippen LogP contribution in [0.3, 0.4) is 0 Å². The van der Waals surface area contributed by atoms with Crippen LogP contribution in [0.4, 0.5) is 5.69 Å². The predicted octanol–water partition coefficient (Wildman–Crippen LogP) is 4.07. The maximum Gasteiger partial charge on any atom is 0.203 e. The molecule has 0 fully saturated rings. The van der Waals surface area contributed by atoms with Crippen LogP contribution in [-0.2, 0) is 0 Å². The Labute approximate surface area is 159 Å². The molecule has 6 heteroatoms. The van der Waals surface area contributed by atoms with Crippen LogP contribution >= 0.6 is 0 Å². The molecule has 2 N–H and O–H groups in total. The smallest absolute Gasteiger partial charge is 0.203 e. The summed E-state index contributed by atoms with van der Waals surface area (Å²) in [6, 6.07) is 13.6. The third-order valence-electron chi connectivity index (χ3n) is 4.53. The summed E-state index contributed by atoms with van der Waals surface area (Å²) in [6.07, 6.45) is 0. The van der Waals surface area contributed by atoms with E-state index in [1.165, 1.54) is 0 Å².